The number of unbranched alkanes of at least 4 members (excludes halogenated alkanes) is 7. The van der Waals surface area contributed by atoms with E-state index in [9.17, 15) is 4.79 Å². The lowest BCUT2D eigenvalue weighted by Gasteiger charge is -2.05. The Morgan fingerprint density at radius 3 is 2.33 bits per heavy atom. The molecule has 0 fully saturated rings. The van der Waals surface area contributed by atoms with Crippen molar-refractivity contribution in [1.29, 1.82) is 0 Å². The fourth-order valence-electron chi connectivity index (χ4n) is 3.56. The van der Waals surface area contributed by atoms with E-state index >= 15 is 0 Å². The number of carbonyl (C=O) groups is 1. The van der Waals surface area contributed by atoms with Crippen LogP contribution in [0.5, 0.6) is 0 Å². The average molecular weight is 446 g/mol. The fourth-order valence-corrected chi connectivity index (χ4v) is 4.13. The third-order valence-electron chi connectivity index (χ3n) is 5.26. The Morgan fingerprint density at radius 2 is 1.63 bits per heavy atom. The van der Waals surface area contributed by atoms with Crippen molar-refractivity contribution in [1.82, 2.24) is 15.3 Å². The molecule has 160 valence electrons. The maximum atomic E-state index is 12.5. The SMILES string of the molecule is CCCCCCCCCCNC(=O)c1ccc2nc(-c3c(Cl)cccc3Cl)[nH]c2c1. The van der Waals surface area contributed by atoms with Gasteiger partial charge in [-0.05, 0) is 36.8 Å². The minimum atomic E-state index is -0.0632. The number of hydrogen-bond acceptors (Lipinski definition) is 2. The average Bonchev–Trinajstić information content (AvgIpc) is 3.15. The number of carbonyl (C=O) groups excluding carboxylic acids is 1. The summed E-state index contributed by atoms with van der Waals surface area (Å²) in [6.45, 7) is 2.94. The molecule has 0 aliphatic carbocycles. The molecule has 2 aromatic carbocycles. The number of aromatic nitrogens is 2. The fraction of sp³-hybridized carbons (Fsp3) is 0.417. The largest absolute Gasteiger partial charge is 0.352 e. The first-order valence-corrected chi connectivity index (χ1v) is 11.6. The number of aromatic amines is 1. The molecule has 0 aliphatic heterocycles. The van der Waals surface area contributed by atoms with Gasteiger partial charge in [0.05, 0.1) is 26.6 Å². The first-order chi connectivity index (χ1) is 14.6. The van der Waals surface area contributed by atoms with E-state index in [1.807, 2.05) is 12.1 Å². The number of fused-ring (bicyclic) bond motifs is 1. The van der Waals surface area contributed by atoms with Crippen molar-refractivity contribution in [2.45, 2.75) is 58.3 Å². The van der Waals surface area contributed by atoms with E-state index < -0.39 is 0 Å². The zero-order valence-corrected chi connectivity index (χ0v) is 19.0. The van der Waals surface area contributed by atoms with Crippen LogP contribution in [0, 0.1) is 0 Å². The lowest BCUT2D eigenvalue weighted by atomic mass is 10.1. The molecule has 1 heterocycles. The van der Waals surface area contributed by atoms with Crippen LogP contribution in [-0.4, -0.2) is 22.4 Å². The number of halogens is 2. The van der Waals surface area contributed by atoms with E-state index in [0.29, 0.717) is 33.5 Å². The van der Waals surface area contributed by atoms with Crippen molar-refractivity contribution in [3.8, 4) is 11.4 Å². The highest BCUT2D eigenvalue weighted by Gasteiger charge is 2.14. The summed E-state index contributed by atoms with van der Waals surface area (Å²) >= 11 is 12.6. The Hall–Kier alpha value is -2.04. The first kappa shape index (κ1) is 22.6. The number of hydrogen-bond donors (Lipinski definition) is 2. The molecule has 3 rings (SSSR count). The minimum absolute atomic E-state index is 0.0632. The standard InChI is InChI=1S/C24H29Cl2N3O/c1-2-3-4-5-6-7-8-9-15-27-24(30)17-13-14-20-21(16-17)29-23(28-20)22-18(25)11-10-12-19(22)26/h10-14,16H,2-9,15H2,1H3,(H,27,30)(H,28,29). The van der Waals surface area contributed by atoms with E-state index in [0.717, 1.165) is 23.9 Å². The van der Waals surface area contributed by atoms with Gasteiger partial charge in [-0.3, -0.25) is 4.79 Å². The van der Waals surface area contributed by atoms with E-state index in [4.69, 9.17) is 23.2 Å². The van der Waals surface area contributed by atoms with Gasteiger partial charge in [0.1, 0.15) is 5.82 Å². The van der Waals surface area contributed by atoms with Crippen LogP contribution >= 0.6 is 23.2 Å². The predicted molar refractivity (Wildman–Crippen MR) is 126 cm³/mol. The Morgan fingerprint density at radius 1 is 0.967 bits per heavy atom. The zero-order valence-electron chi connectivity index (χ0n) is 17.4. The van der Waals surface area contributed by atoms with Gasteiger partial charge < -0.3 is 10.3 Å². The van der Waals surface area contributed by atoms with Gasteiger partial charge in [0.15, 0.2) is 0 Å². The normalized spacial score (nSPS) is 11.2. The summed E-state index contributed by atoms with van der Waals surface area (Å²) in [7, 11) is 0. The lowest BCUT2D eigenvalue weighted by molar-refractivity contribution is 0.0953. The summed E-state index contributed by atoms with van der Waals surface area (Å²) in [5, 5.41) is 4.08. The molecule has 0 unspecified atom stereocenters. The van der Waals surface area contributed by atoms with Gasteiger partial charge >= 0.3 is 0 Å². The number of imidazole rings is 1. The lowest BCUT2D eigenvalue weighted by Crippen LogP contribution is -2.24. The smallest absolute Gasteiger partial charge is 0.251 e. The van der Waals surface area contributed by atoms with E-state index in [-0.39, 0.29) is 5.91 Å². The molecular formula is C24H29Cl2N3O. The summed E-state index contributed by atoms with van der Waals surface area (Å²) in [5.41, 5.74) is 2.82. The molecule has 6 heteroatoms. The van der Waals surface area contributed by atoms with Crippen molar-refractivity contribution in [3.63, 3.8) is 0 Å². The monoisotopic (exact) mass is 445 g/mol. The van der Waals surface area contributed by atoms with E-state index in [1.165, 1.54) is 38.5 Å². The maximum Gasteiger partial charge on any atom is 0.251 e. The molecule has 0 saturated carbocycles. The summed E-state index contributed by atoms with van der Waals surface area (Å²) in [5.74, 6) is 0.531. The topological polar surface area (TPSA) is 57.8 Å². The third kappa shape index (κ3) is 5.99. The van der Waals surface area contributed by atoms with E-state index in [1.54, 1.807) is 24.3 Å². The van der Waals surface area contributed by atoms with Crippen LogP contribution in [0.2, 0.25) is 10.0 Å². The molecule has 30 heavy (non-hydrogen) atoms. The summed E-state index contributed by atoms with van der Waals surface area (Å²) in [6.07, 6.45) is 10.00. The zero-order chi connectivity index (χ0) is 21.3. The minimum Gasteiger partial charge on any atom is -0.352 e. The molecule has 0 aliphatic rings. The van der Waals surface area contributed by atoms with Gasteiger partial charge in [-0.1, -0.05) is 81.1 Å². The number of nitrogens with one attached hydrogen (secondary N) is 2. The predicted octanol–water partition coefficient (Wildman–Crippen LogP) is 7.41. The van der Waals surface area contributed by atoms with Crippen LogP contribution < -0.4 is 5.32 Å². The molecule has 0 atom stereocenters. The molecule has 1 amide bonds. The summed E-state index contributed by atoms with van der Waals surface area (Å²) in [4.78, 5) is 20.3. The van der Waals surface area contributed by atoms with Crippen molar-refractivity contribution >= 4 is 40.1 Å². The number of amides is 1. The molecule has 0 saturated heterocycles. The Labute approximate surface area is 188 Å². The van der Waals surface area contributed by atoms with Crippen molar-refractivity contribution in [2.24, 2.45) is 0 Å². The molecule has 2 N–H and O–H groups in total. The van der Waals surface area contributed by atoms with Crippen molar-refractivity contribution in [2.75, 3.05) is 6.54 Å². The molecular weight excluding hydrogens is 417 g/mol. The number of rotatable bonds is 11. The summed E-state index contributed by atoms with van der Waals surface area (Å²) in [6, 6.07) is 10.8. The van der Waals surface area contributed by atoms with Crippen LogP contribution in [-0.2, 0) is 0 Å². The first-order valence-electron chi connectivity index (χ1n) is 10.8. The Bertz CT molecular complexity index is 963. The second-order valence-corrected chi connectivity index (χ2v) is 8.46. The van der Waals surface area contributed by atoms with Gasteiger partial charge in [-0.2, -0.15) is 0 Å². The van der Waals surface area contributed by atoms with Crippen LogP contribution in [0.3, 0.4) is 0 Å². The second kappa shape index (κ2) is 11.4. The van der Waals surface area contributed by atoms with Crippen molar-refractivity contribution in [3.05, 3.63) is 52.0 Å². The van der Waals surface area contributed by atoms with E-state index in [2.05, 4.69) is 22.2 Å². The highest BCUT2D eigenvalue weighted by molar-refractivity contribution is 6.39. The summed E-state index contributed by atoms with van der Waals surface area (Å²) < 4.78 is 0. The number of benzene rings is 2. The molecule has 0 spiro atoms. The van der Waals surface area contributed by atoms with Crippen LogP contribution in [0.4, 0.5) is 0 Å². The molecule has 4 nitrogen and oxygen atoms in total. The second-order valence-electron chi connectivity index (χ2n) is 7.64. The van der Waals surface area contributed by atoms with Crippen LogP contribution in [0.25, 0.3) is 22.4 Å². The van der Waals surface area contributed by atoms with Gasteiger partial charge in [-0.25, -0.2) is 4.98 Å². The molecule has 0 bridgehead atoms. The highest BCUT2D eigenvalue weighted by atomic mass is 35.5. The van der Waals surface area contributed by atoms with Gasteiger partial charge in [-0.15, -0.1) is 0 Å². The quantitative estimate of drug-likeness (QED) is 0.301. The van der Waals surface area contributed by atoms with Gasteiger partial charge in [0.2, 0.25) is 0 Å². The van der Waals surface area contributed by atoms with Gasteiger partial charge in [0.25, 0.3) is 5.91 Å². The third-order valence-corrected chi connectivity index (χ3v) is 5.89. The number of nitrogens with zero attached hydrogens (tertiary/aromatic N) is 1. The molecule has 3 aromatic rings. The number of H-pyrrole nitrogens is 1. The highest BCUT2D eigenvalue weighted by Crippen LogP contribution is 2.33. The molecule has 1 aromatic heterocycles. The maximum absolute atomic E-state index is 12.5. The van der Waals surface area contributed by atoms with Gasteiger partial charge in [0, 0.05) is 12.1 Å². The Balaban J connectivity index is 1.54. The Kier molecular flexibility index (Phi) is 8.59. The molecule has 0 radical (unpaired) electrons. The van der Waals surface area contributed by atoms with Crippen LogP contribution in [0.15, 0.2) is 36.4 Å². The van der Waals surface area contributed by atoms with Crippen molar-refractivity contribution < 1.29 is 4.79 Å². The van der Waals surface area contributed by atoms with Crippen LogP contribution in [0.1, 0.15) is 68.6 Å².